The fourth-order valence-corrected chi connectivity index (χ4v) is 3.70. The number of rotatable bonds is 4. The monoisotopic (exact) mass is 398 g/mol. The minimum absolute atomic E-state index is 0.0944. The third-order valence-corrected chi connectivity index (χ3v) is 5.18. The van der Waals surface area contributed by atoms with Gasteiger partial charge in [0.15, 0.2) is 12.7 Å². The molecule has 2 heterocycles. The molecule has 0 unspecified atom stereocenters. The standard InChI is InChI=1S/C22H23FN2O4/c23-16-7-6-8-17(13-16)28-15-21(26)25-14-20(22(27)24-11-4-1-5-12-24)29-19-10-3-2-9-18(19)25/h2-3,6-10,13,20H,1,4-5,11-12,14-15H2/t20-/m0/s1. The Bertz CT molecular complexity index is 898. The molecule has 2 aromatic rings. The zero-order valence-corrected chi connectivity index (χ0v) is 16.1. The van der Waals surface area contributed by atoms with Gasteiger partial charge < -0.3 is 19.3 Å². The average Bonchev–Trinajstić information content (AvgIpc) is 2.77. The van der Waals surface area contributed by atoms with Gasteiger partial charge in [-0.05, 0) is 43.5 Å². The number of ether oxygens (including phenoxy) is 2. The second kappa shape index (κ2) is 8.51. The normalized spacial score (nSPS) is 18.6. The summed E-state index contributed by atoms with van der Waals surface area (Å²) in [4.78, 5) is 29.2. The molecule has 4 rings (SSSR count). The van der Waals surface area contributed by atoms with Gasteiger partial charge in [0.25, 0.3) is 11.8 Å². The average molecular weight is 398 g/mol. The molecule has 0 radical (unpaired) electrons. The molecule has 2 aliphatic heterocycles. The third-order valence-electron chi connectivity index (χ3n) is 5.18. The topological polar surface area (TPSA) is 59.1 Å². The number of halogens is 1. The fraction of sp³-hybridized carbons (Fsp3) is 0.364. The van der Waals surface area contributed by atoms with E-state index in [0.717, 1.165) is 32.4 Å². The quantitative estimate of drug-likeness (QED) is 0.795. The second-order valence-corrected chi connectivity index (χ2v) is 7.21. The van der Waals surface area contributed by atoms with Crippen molar-refractivity contribution in [2.75, 3.05) is 31.1 Å². The Morgan fingerprint density at radius 1 is 1.07 bits per heavy atom. The number of carbonyl (C=O) groups is 2. The molecule has 2 amide bonds. The van der Waals surface area contributed by atoms with E-state index in [4.69, 9.17) is 9.47 Å². The minimum Gasteiger partial charge on any atom is -0.484 e. The summed E-state index contributed by atoms with van der Waals surface area (Å²) >= 11 is 0. The third kappa shape index (κ3) is 4.34. The van der Waals surface area contributed by atoms with E-state index in [-0.39, 0.29) is 30.7 Å². The van der Waals surface area contributed by atoms with Gasteiger partial charge in [0.05, 0.1) is 12.2 Å². The number of hydrogen-bond acceptors (Lipinski definition) is 4. The maximum absolute atomic E-state index is 13.3. The summed E-state index contributed by atoms with van der Waals surface area (Å²) in [6.45, 7) is 1.30. The molecule has 7 heteroatoms. The van der Waals surface area contributed by atoms with Gasteiger partial charge >= 0.3 is 0 Å². The number of piperidine rings is 1. The molecule has 152 valence electrons. The van der Waals surface area contributed by atoms with Crippen LogP contribution in [0.25, 0.3) is 0 Å². The van der Waals surface area contributed by atoms with E-state index in [1.54, 1.807) is 24.3 Å². The predicted octanol–water partition coefficient (Wildman–Crippen LogP) is 3.01. The summed E-state index contributed by atoms with van der Waals surface area (Å²) in [6, 6.07) is 12.8. The highest BCUT2D eigenvalue weighted by Crippen LogP contribution is 2.34. The lowest BCUT2D eigenvalue weighted by Crippen LogP contribution is -2.53. The lowest BCUT2D eigenvalue weighted by Gasteiger charge is -2.37. The first-order valence-corrected chi connectivity index (χ1v) is 9.85. The van der Waals surface area contributed by atoms with Crippen LogP contribution in [-0.4, -0.2) is 49.1 Å². The van der Waals surface area contributed by atoms with Gasteiger partial charge in [-0.25, -0.2) is 4.39 Å². The summed E-state index contributed by atoms with van der Waals surface area (Å²) in [6.07, 6.45) is 2.35. The van der Waals surface area contributed by atoms with Crippen molar-refractivity contribution < 1.29 is 23.5 Å². The zero-order chi connectivity index (χ0) is 20.2. The number of para-hydroxylation sites is 2. The highest BCUT2D eigenvalue weighted by Gasteiger charge is 2.36. The Morgan fingerprint density at radius 3 is 2.66 bits per heavy atom. The second-order valence-electron chi connectivity index (χ2n) is 7.21. The van der Waals surface area contributed by atoms with Gasteiger partial charge in [0.1, 0.15) is 17.3 Å². The Kier molecular flexibility index (Phi) is 5.64. The summed E-state index contributed by atoms with van der Waals surface area (Å²) in [5.41, 5.74) is 0.600. The molecule has 1 saturated heterocycles. The maximum atomic E-state index is 13.3. The van der Waals surface area contributed by atoms with Crippen LogP contribution < -0.4 is 14.4 Å². The van der Waals surface area contributed by atoms with Gasteiger partial charge in [-0.3, -0.25) is 9.59 Å². The molecule has 0 N–H and O–H groups in total. The number of anilines is 1. The van der Waals surface area contributed by atoms with Gasteiger partial charge in [-0.2, -0.15) is 0 Å². The van der Waals surface area contributed by atoms with Crippen molar-refractivity contribution in [3.8, 4) is 11.5 Å². The van der Waals surface area contributed by atoms with Crippen molar-refractivity contribution >= 4 is 17.5 Å². The summed E-state index contributed by atoms with van der Waals surface area (Å²) in [7, 11) is 0. The van der Waals surface area contributed by atoms with Crippen LogP contribution >= 0.6 is 0 Å². The van der Waals surface area contributed by atoms with Crippen molar-refractivity contribution in [3.63, 3.8) is 0 Å². The molecule has 0 aromatic heterocycles. The molecule has 6 nitrogen and oxygen atoms in total. The lowest BCUT2D eigenvalue weighted by molar-refractivity contribution is -0.139. The Labute approximate surface area is 168 Å². The molecular weight excluding hydrogens is 375 g/mol. The summed E-state index contributed by atoms with van der Waals surface area (Å²) in [5, 5.41) is 0. The molecular formula is C22H23FN2O4. The molecule has 0 aliphatic carbocycles. The van der Waals surface area contributed by atoms with Crippen molar-refractivity contribution in [1.29, 1.82) is 0 Å². The Balaban J connectivity index is 1.49. The fourth-order valence-electron chi connectivity index (χ4n) is 3.70. The van der Waals surface area contributed by atoms with E-state index in [9.17, 15) is 14.0 Å². The molecule has 0 spiro atoms. The molecule has 1 fully saturated rings. The molecule has 1 atom stereocenters. The maximum Gasteiger partial charge on any atom is 0.265 e. The van der Waals surface area contributed by atoms with Gasteiger partial charge in [-0.15, -0.1) is 0 Å². The van der Waals surface area contributed by atoms with E-state index >= 15 is 0 Å². The molecule has 0 bridgehead atoms. The summed E-state index contributed by atoms with van der Waals surface area (Å²) < 4.78 is 24.7. The number of amides is 2. The highest BCUT2D eigenvalue weighted by atomic mass is 19.1. The van der Waals surface area contributed by atoms with E-state index < -0.39 is 11.9 Å². The first-order valence-electron chi connectivity index (χ1n) is 9.85. The molecule has 2 aliphatic rings. The van der Waals surface area contributed by atoms with Crippen LogP contribution in [0, 0.1) is 5.82 Å². The van der Waals surface area contributed by atoms with Crippen molar-refractivity contribution in [2.24, 2.45) is 0 Å². The molecule has 0 saturated carbocycles. The number of hydrogen-bond donors (Lipinski definition) is 0. The van der Waals surface area contributed by atoms with Crippen molar-refractivity contribution in [1.82, 2.24) is 4.90 Å². The molecule has 29 heavy (non-hydrogen) atoms. The Hall–Kier alpha value is -3.09. The van der Waals surface area contributed by atoms with Crippen molar-refractivity contribution in [3.05, 3.63) is 54.3 Å². The van der Waals surface area contributed by atoms with Crippen LogP contribution in [-0.2, 0) is 9.59 Å². The predicted molar refractivity (Wildman–Crippen MR) is 106 cm³/mol. The number of benzene rings is 2. The van der Waals surface area contributed by atoms with Gasteiger partial charge in [0.2, 0.25) is 0 Å². The van der Waals surface area contributed by atoms with Crippen LogP contribution in [0.4, 0.5) is 10.1 Å². The highest BCUT2D eigenvalue weighted by molar-refractivity contribution is 5.98. The Morgan fingerprint density at radius 2 is 1.86 bits per heavy atom. The van der Waals surface area contributed by atoms with Crippen LogP contribution in [0.15, 0.2) is 48.5 Å². The zero-order valence-electron chi connectivity index (χ0n) is 16.1. The number of likely N-dealkylation sites (tertiary alicyclic amines) is 1. The number of nitrogens with zero attached hydrogens (tertiary/aromatic N) is 2. The van der Waals surface area contributed by atoms with Crippen LogP contribution in [0.1, 0.15) is 19.3 Å². The van der Waals surface area contributed by atoms with E-state index in [1.165, 1.54) is 23.1 Å². The van der Waals surface area contributed by atoms with E-state index in [1.807, 2.05) is 11.0 Å². The largest absolute Gasteiger partial charge is 0.484 e. The number of carbonyl (C=O) groups excluding carboxylic acids is 2. The van der Waals surface area contributed by atoms with Crippen molar-refractivity contribution in [2.45, 2.75) is 25.4 Å². The van der Waals surface area contributed by atoms with E-state index in [2.05, 4.69) is 0 Å². The number of fused-ring (bicyclic) bond motifs is 1. The van der Waals surface area contributed by atoms with Crippen LogP contribution in [0.2, 0.25) is 0 Å². The van der Waals surface area contributed by atoms with Gasteiger partial charge in [-0.1, -0.05) is 18.2 Å². The van der Waals surface area contributed by atoms with E-state index in [0.29, 0.717) is 11.4 Å². The molecule has 2 aromatic carbocycles. The first kappa shape index (κ1) is 19.2. The first-order chi connectivity index (χ1) is 14.1. The lowest BCUT2D eigenvalue weighted by atomic mass is 10.1. The SMILES string of the molecule is O=C([C@@H]1CN(C(=O)COc2cccc(F)c2)c2ccccc2O1)N1CCCCC1. The van der Waals surface area contributed by atoms with Crippen LogP contribution in [0.5, 0.6) is 11.5 Å². The minimum atomic E-state index is -0.749. The van der Waals surface area contributed by atoms with Gasteiger partial charge in [0, 0.05) is 19.2 Å². The van der Waals surface area contributed by atoms with Crippen LogP contribution in [0.3, 0.4) is 0 Å². The smallest absolute Gasteiger partial charge is 0.265 e. The summed E-state index contributed by atoms with van der Waals surface area (Å²) in [5.74, 6) is -0.0718.